The first kappa shape index (κ1) is 8.81. The number of hydrogen-bond donors (Lipinski definition) is 0. The second-order valence-electron chi connectivity index (χ2n) is 3.30. The Bertz CT molecular complexity index is 314. The zero-order valence-corrected chi connectivity index (χ0v) is 7.61. The fourth-order valence-corrected chi connectivity index (χ4v) is 2.00. The minimum absolute atomic E-state index is 0.333. The first-order valence-corrected chi connectivity index (χ1v) is 4.96. The molecule has 1 aliphatic rings. The molecule has 0 amide bonds. The Balaban J connectivity index is 2.23. The summed E-state index contributed by atoms with van der Waals surface area (Å²) in [5.74, 6) is -0.385. The molecule has 0 N–H and O–H groups in total. The number of carbonyl (C=O) groups is 1. The van der Waals surface area contributed by atoms with E-state index in [0.717, 1.165) is 0 Å². The molecule has 1 aromatic rings. The molecule has 1 heterocycles. The summed E-state index contributed by atoms with van der Waals surface area (Å²) in [7, 11) is 0. The van der Waals surface area contributed by atoms with E-state index in [9.17, 15) is 13.6 Å². The van der Waals surface area contributed by atoms with Gasteiger partial charge in [0.1, 0.15) is 0 Å². The molecule has 0 aromatic carbocycles. The number of alkyl halides is 2. The molecule has 0 radical (unpaired) electrons. The van der Waals surface area contributed by atoms with Crippen molar-refractivity contribution in [3.05, 3.63) is 22.4 Å². The van der Waals surface area contributed by atoms with E-state index in [1.165, 1.54) is 11.3 Å². The summed E-state index contributed by atoms with van der Waals surface area (Å²) in [4.78, 5) is 11.6. The minimum atomic E-state index is -2.51. The average molecular weight is 202 g/mol. The van der Waals surface area contributed by atoms with E-state index in [0.29, 0.717) is 18.4 Å². The van der Waals surface area contributed by atoms with Gasteiger partial charge in [-0.25, -0.2) is 8.78 Å². The maximum Gasteiger partial charge on any atom is 0.251 e. The summed E-state index contributed by atoms with van der Waals surface area (Å²) >= 11 is 1.36. The van der Waals surface area contributed by atoms with E-state index in [1.54, 1.807) is 16.8 Å². The van der Waals surface area contributed by atoms with Crippen molar-refractivity contribution in [2.75, 3.05) is 0 Å². The van der Waals surface area contributed by atoms with Crippen LogP contribution in [0, 0.1) is 5.41 Å². The van der Waals surface area contributed by atoms with Crippen LogP contribution in [0.2, 0.25) is 0 Å². The van der Waals surface area contributed by atoms with Crippen LogP contribution in [0.25, 0.3) is 0 Å². The van der Waals surface area contributed by atoms with Gasteiger partial charge in [0, 0.05) is 10.9 Å². The fourth-order valence-electron chi connectivity index (χ4n) is 1.36. The molecule has 1 fully saturated rings. The normalized spacial score (nSPS) is 19.0. The molecule has 1 aliphatic carbocycles. The topological polar surface area (TPSA) is 17.1 Å². The third kappa shape index (κ3) is 1.29. The van der Waals surface area contributed by atoms with Crippen LogP contribution in [-0.4, -0.2) is 12.2 Å². The first-order valence-electron chi connectivity index (χ1n) is 4.02. The van der Waals surface area contributed by atoms with Crippen LogP contribution in [0.5, 0.6) is 0 Å². The van der Waals surface area contributed by atoms with Crippen LogP contribution < -0.4 is 0 Å². The number of ketones is 1. The molecule has 0 bridgehead atoms. The summed E-state index contributed by atoms with van der Waals surface area (Å²) in [6, 6.07) is 1.61. The molecular weight excluding hydrogens is 194 g/mol. The molecule has 4 heteroatoms. The second-order valence-corrected chi connectivity index (χ2v) is 4.08. The van der Waals surface area contributed by atoms with E-state index in [1.807, 2.05) is 0 Å². The van der Waals surface area contributed by atoms with E-state index in [4.69, 9.17) is 0 Å². The molecule has 13 heavy (non-hydrogen) atoms. The molecule has 1 saturated carbocycles. The number of halogens is 2. The maximum atomic E-state index is 12.5. The Kier molecular flexibility index (Phi) is 1.95. The van der Waals surface area contributed by atoms with Gasteiger partial charge in [0.25, 0.3) is 6.43 Å². The second kappa shape index (κ2) is 2.87. The smallest absolute Gasteiger partial charge is 0.251 e. The Morgan fingerprint density at radius 3 is 2.62 bits per heavy atom. The van der Waals surface area contributed by atoms with Gasteiger partial charge in [-0.3, -0.25) is 4.79 Å². The largest absolute Gasteiger partial charge is 0.293 e. The Labute approximate surface area is 78.4 Å². The van der Waals surface area contributed by atoms with Crippen molar-refractivity contribution in [1.82, 2.24) is 0 Å². The van der Waals surface area contributed by atoms with Crippen molar-refractivity contribution < 1.29 is 13.6 Å². The first-order chi connectivity index (χ1) is 6.17. The molecule has 1 nitrogen and oxygen atoms in total. The minimum Gasteiger partial charge on any atom is -0.293 e. The predicted octanol–water partition coefficient (Wildman–Crippen LogP) is 2.98. The van der Waals surface area contributed by atoms with Crippen molar-refractivity contribution in [1.29, 1.82) is 0 Å². The van der Waals surface area contributed by atoms with Crippen molar-refractivity contribution in [2.24, 2.45) is 5.41 Å². The third-order valence-electron chi connectivity index (χ3n) is 2.44. The molecule has 1 aromatic heterocycles. The number of carbonyl (C=O) groups excluding carboxylic acids is 1. The number of hydrogen-bond acceptors (Lipinski definition) is 2. The van der Waals surface area contributed by atoms with Crippen LogP contribution in [0.3, 0.4) is 0 Å². The molecule has 2 rings (SSSR count). The van der Waals surface area contributed by atoms with Crippen molar-refractivity contribution in [3.8, 4) is 0 Å². The van der Waals surface area contributed by atoms with E-state index in [2.05, 4.69) is 0 Å². The lowest BCUT2D eigenvalue weighted by molar-refractivity contribution is 0.0473. The van der Waals surface area contributed by atoms with Gasteiger partial charge in [-0.15, -0.1) is 0 Å². The monoisotopic (exact) mass is 202 g/mol. The van der Waals surface area contributed by atoms with Gasteiger partial charge in [-0.1, -0.05) is 0 Å². The van der Waals surface area contributed by atoms with Crippen LogP contribution in [0.4, 0.5) is 8.78 Å². The average Bonchev–Trinajstić information content (AvgIpc) is 2.74. The van der Waals surface area contributed by atoms with Gasteiger partial charge in [-0.05, 0) is 24.3 Å². The van der Waals surface area contributed by atoms with Gasteiger partial charge >= 0.3 is 0 Å². The van der Waals surface area contributed by atoms with Crippen LogP contribution in [0.1, 0.15) is 23.2 Å². The number of thiophene rings is 1. The van der Waals surface area contributed by atoms with E-state index >= 15 is 0 Å². The van der Waals surface area contributed by atoms with Gasteiger partial charge in [0.2, 0.25) is 0 Å². The Morgan fingerprint density at radius 2 is 2.23 bits per heavy atom. The lowest BCUT2D eigenvalue weighted by Gasteiger charge is -2.10. The van der Waals surface area contributed by atoms with Gasteiger partial charge in [-0.2, -0.15) is 11.3 Å². The molecule has 0 atom stereocenters. The van der Waals surface area contributed by atoms with Crippen LogP contribution in [-0.2, 0) is 0 Å². The summed E-state index contributed by atoms with van der Waals surface area (Å²) in [6.07, 6.45) is -1.85. The zero-order valence-electron chi connectivity index (χ0n) is 6.80. The summed E-state index contributed by atoms with van der Waals surface area (Å²) < 4.78 is 25.0. The molecule has 0 saturated heterocycles. The molecule has 0 unspecified atom stereocenters. The zero-order chi connectivity index (χ0) is 9.47. The van der Waals surface area contributed by atoms with Crippen LogP contribution in [0.15, 0.2) is 16.8 Å². The summed E-state index contributed by atoms with van der Waals surface area (Å²) in [5, 5.41) is 3.36. The Hall–Kier alpha value is -0.770. The lowest BCUT2D eigenvalue weighted by Crippen LogP contribution is -2.23. The fraction of sp³-hybridized carbons (Fsp3) is 0.444. The summed E-state index contributed by atoms with van der Waals surface area (Å²) in [5.41, 5.74) is -0.899. The van der Waals surface area contributed by atoms with Gasteiger partial charge in [0.15, 0.2) is 5.78 Å². The molecular formula is C9H8F2OS. The molecule has 0 spiro atoms. The highest BCUT2D eigenvalue weighted by molar-refractivity contribution is 7.08. The maximum absolute atomic E-state index is 12.5. The predicted molar refractivity (Wildman–Crippen MR) is 46.3 cm³/mol. The Morgan fingerprint density at radius 1 is 1.54 bits per heavy atom. The van der Waals surface area contributed by atoms with E-state index in [-0.39, 0.29) is 5.78 Å². The van der Waals surface area contributed by atoms with Gasteiger partial charge in [0.05, 0.1) is 5.41 Å². The quantitative estimate of drug-likeness (QED) is 0.688. The third-order valence-corrected chi connectivity index (χ3v) is 3.13. The van der Waals surface area contributed by atoms with Crippen molar-refractivity contribution in [2.45, 2.75) is 19.3 Å². The summed E-state index contributed by atoms with van der Waals surface area (Å²) in [6.45, 7) is 0. The highest BCUT2D eigenvalue weighted by atomic mass is 32.1. The SMILES string of the molecule is O=C(c1ccsc1)C1(C(F)F)CC1. The number of Topliss-reactive ketones (excluding diaryl/α,β-unsaturated/α-hetero) is 1. The number of rotatable bonds is 3. The van der Waals surface area contributed by atoms with Gasteiger partial charge < -0.3 is 0 Å². The lowest BCUT2D eigenvalue weighted by atomic mass is 9.97. The molecule has 70 valence electrons. The van der Waals surface area contributed by atoms with Crippen molar-refractivity contribution in [3.63, 3.8) is 0 Å². The molecule has 0 aliphatic heterocycles. The van der Waals surface area contributed by atoms with Crippen molar-refractivity contribution >= 4 is 17.1 Å². The van der Waals surface area contributed by atoms with Crippen LogP contribution >= 0.6 is 11.3 Å². The van der Waals surface area contributed by atoms with E-state index < -0.39 is 11.8 Å². The highest BCUT2D eigenvalue weighted by Gasteiger charge is 2.57. The standard InChI is InChI=1S/C9H8F2OS/c10-8(11)9(2-3-9)7(12)6-1-4-13-5-6/h1,4-5,8H,2-3H2. The highest BCUT2D eigenvalue weighted by Crippen LogP contribution is 2.53.